The number of rotatable bonds is 2. The molecule has 0 aromatic heterocycles. The molecule has 1 unspecified atom stereocenters. The Kier molecular flexibility index (Phi) is 3.76. The number of benzene rings is 1. The van der Waals surface area contributed by atoms with Gasteiger partial charge in [-0.15, -0.1) is 0 Å². The summed E-state index contributed by atoms with van der Waals surface area (Å²) in [5, 5.41) is 3.64. The number of nitrogens with one attached hydrogen (secondary N) is 1. The van der Waals surface area contributed by atoms with Crippen LogP contribution < -0.4 is 5.32 Å². The first kappa shape index (κ1) is 13.8. The lowest BCUT2D eigenvalue weighted by Gasteiger charge is -2.45. The molecule has 0 saturated carbocycles. The van der Waals surface area contributed by atoms with Crippen molar-refractivity contribution >= 4 is 0 Å². The second kappa shape index (κ2) is 5.73. The predicted molar refractivity (Wildman–Crippen MR) is 87.5 cm³/mol. The minimum absolute atomic E-state index is 0.577. The first-order chi connectivity index (χ1) is 10.3. The number of hydrogen-bond acceptors (Lipinski definition) is 2. The summed E-state index contributed by atoms with van der Waals surface area (Å²) in [4.78, 5) is 2.72. The molecule has 1 aromatic carbocycles. The van der Waals surface area contributed by atoms with Gasteiger partial charge in [0.05, 0.1) is 0 Å². The third-order valence-electron chi connectivity index (χ3n) is 5.87. The fraction of sp³-hybridized carbons (Fsp3) is 0.684. The van der Waals surface area contributed by atoms with E-state index in [-0.39, 0.29) is 0 Å². The van der Waals surface area contributed by atoms with Crippen LogP contribution in [0.1, 0.15) is 48.8 Å². The van der Waals surface area contributed by atoms with Crippen LogP contribution in [0.5, 0.6) is 0 Å². The smallest absolute Gasteiger partial charge is 0.0234 e. The SMILES string of the molecule is c1cc2c(cc1CN1CCCC3(CCCNC3)C1)CCC2. The van der Waals surface area contributed by atoms with Crippen molar-refractivity contribution in [3.63, 3.8) is 0 Å². The topological polar surface area (TPSA) is 15.3 Å². The Morgan fingerprint density at radius 3 is 2.86 bits per heavy atom. The van der Waals surface area contributed by atoms with Crippen LogP contribution in [-0.4, -0.2) is 31.1 Å². The molecular formula is C19H28N2. The van der Waals surface area contributed by atoms with Gasteiger partial charge in [0.2, 0.25) is 0 Å². The Labute approximate surface area is 128 Å². The van der Waals surface area contributed by atoms with Crippen LogP contribution in [0.3, 0.4) is 0 Å². The maximum atomic E-state index is 3.64. The van der Waals surface area contributed by atoms with E-state index in [0.29, 0.717) is 5.41 Å². The van der Waals surface area contributed by atoms with E-state index in [1.54, 1.807) is 11.1 Å². The molecule has 1 aromatic rings. The van der Waals surface area contributed by atoms with E-state index in [1.807, 2.05) is 0 Å². The Bertz CT molecular complexity index is 497. The first-order valence-corrected chi connectivity index (χ1v) is 8.87. The molecule has 2 fully saturated rings. The van der Waals surface area contributed by atoms with Crippen molar-refractivity contribution in [2.75, 3.05) is 26.2 Å². The zero-order chi connectivity index (χ0) is 14.1. The summed E-state index contributed by atoms with van der Waals surface area (Å²) in [6.45, 7) is 6.23. The van der Waals surface area contributed by atoms with Gasteiger partial charge in [-0.1, -0.05) is 18.2 Å². The summed E-state index contributed by atoms with van der Waals surface area (Å²) < 4.78 is 0. The van der Waals surface area contributed by atoms with Gasteiger partial charge in [-0.2, -0.15) is 0 Å². The lowest BCUT2D eigenvalue weighted by molar-refractivity contribution is 0.0600. The highest BCUT2D eigenvalue weighted by molar-refractivity contribution is 5.35. The molecule has 2 heterocycles. The average molecular weight is 284 g/mol. The fourth-order valence-electron chi connectivity index (χ4n) is 4.81. The van der Waals surface area contributed by atoms with Gasteiger partial charge in [0.25, 0.3) is 0 Å². The molecule has 4 rings (SSSR count). The van der Waals surface area contributed by atoms with Crippen molar-refractivity contribution in [1.29, 1.82) is 0 Å². The van der Waals surface area contributed by atoms with E-state index in [1.165, 1.54) is 76.7 Å². The molecule has 3 aliphatic rings. The molecule has 0 bridgehead atoms. The highest BCUT2D eigenvalue weighted by Crippen LogP contribution is 2.36. The molecule has 2 aliphatic heterocycles. The van der Waals surface area contributed by atoms with Crippen LogP contribution in [0.2, 0.25) is 0 Å². The van der Waals surface area contributed by atoms with Crippen LogP contribution in [0.25, 0.3) is 0 Å². The second-order valence-electron chi connectivity index (χ2n) is 7.55. The molecule has 0 amide bonds. The molecule has 2 heteroatoms. The molecule has 114 valence electrons. The van der Waals surface area contributed by atoms with Gasteiger partial charge >= 0.3 is 0 Å². The van der Waals surface area contributed by atoms with Crippen molar-refractivity contribution in [2.45, 2.75) is 51.5 Å². The summed E-state index contributed by atoms with van der Waals surface area (Å²) in [6, 6.07) is 7.26. The van der Waals surface area contributed by atoms with Crippen LogP contribution >= 0.6 is 0 Å². The monoisotopic (exact) mass is 284 g/mol. The van der Waals surface area contributed by atoms with Crippen LogP contribution in [-0.2, 0) is 19.4 Å². The summed E-state index contributed by atoms with van der Waals surface area (Å²) in [6.07, 6.45) is 9.57. The lowest BCUT2D eigenvalue weighted by atomic mass is 9.74. The maximum Gasteiger partial charge on any atom is 0.0234 e. The zero-order valence-corrected chi connectivity index (χ0v) is 13.2. The van der Waals surface area contributed by atoms with E-state index >= 15 is 0 Å². The molecule has 2 nitrogen and oxygen atoms in total. The third kappa shape index (κ3) is 2.89. The molecular weight excluding hydrogens is 256 g/mol. The number of likely N-dealkylation sites (tertiary alicyclic amines) is 1. The Balaban J connectivity index is 1.44. The molecule has 1 spiro atoms. The number of piperidine rings is 2. The summed E-state index contributed by atoms with van der Waals surface area (Å²) in [5.41, 5.74) is 5.34. The predicted octanol–water partition coefficient (Wildman–Crippen LogP) is 3.14. The quantitative estimate of drug-likeness (QED) is 0.897. The van der Waals surface area contributed by atoms with Crippen LogP contribution in [0.15, 0.2) is 18.2 Å². The minimum atomic E-state index is 0.577. The van der Waals surface area contributed by atoms with E-state index in [9.17, 15) is 0 Å². The van der Waals surface area contributed by atoms with E-state index in [4.69, 9.17) is 0 Å². The van der Waals surface area contributed by atoms with Gasteiger partial charge in [-0.25, -0.2) is 0 Å². The van der Waals surface area contributed by atoms with E-state index in [2.05, 4.69) is 28.4 Å². The van der Waals surface area contributed by atoms with Crippen molar-refractivity contribution in [2.24, 2.45) is 5.41 Å². The van der Waals surface area contributed by atoms with E-state index < -0.39 is 0 Å². The van der Waals surface area contributed by atoms with Crippen molar-refractivity contribution in [1.82, 2.24) is 10.2 Å². The molecule has 1 atom stereocenters. The molecule has 0 radical (unpaired) electrons. The number of fused-ring (bicyclic) bond motifs is 1. The lowest BCUT2D eigenvalue weighted by Crippen LogP contribution is -2.50. The molecule has 1 aliphatic carbocycles. The number of hydrogen-bond donors (Lipinski definition) is 1. The third-order valence-corrected chi connectivity index (χ3v) is 5.87. The fourth-order valence-corrected chi connectivity index (χ4v) is 4.81. The highest BCUT2D eigenvalue weighted by atomic mass is 15.1. The van der Waals surface area contributed by atoms with Crippen LogP contribution in [0.4, 0.5) is 0 Å². The normalized spacial score (nSPS) is 29.7. The van der Waals surface area contributed by atoms with Crippen LogP contribution in [0, 0.1) is 5.41 Å². The molecule has 21 heavy (non-hydrogen) atoms. The Morgan fingerprint density at radius 1 is 1.05 bits per heavy atom. The summed E-state index contributed by atoms with van der Waals surface area (Å²) in [5.74, 6) is 0. The average Bonchev–Trinajstić information content (AvgIpc) is 2.96. The van der Waals surface area contributed by atoms with Gasteiger partial charge in [-0.3, -0.25) is 4.90 Å². The maximum absolute atomic E-state index is 3.64. The largest absolute Gasteiger partial charge is 0.316 e. The standard InChI is InChI=1S/C19H28N2/c1-4-17-7-6-16(12-18(17)5-1)13-21-11-3-9-19(15-21)8-2-10-20-14-19/h6-7,12,20H,1-5,8-11,13-15H2. The van der Waals surface area contributed by atoms with Crippen molar-refractivity contribution in [3.8, 4) is 0 Å². The van der Waals surface area contributed by atoms with Crippen molar-refractivity contribution < 1.29 is 0 Å². The van der Waals surface area contributed by atoms with Gasteiger partial charge < -0.3 is 5.32 Å². The van der Waals surface area contributed by atoms with E-state index in [0.717, 1.165) is 6.54 Å². The van der Waals surface area contributed by atoms with Crippen molar-refractivity contribution in [3.05, 3.63) is 34.9 Å². The Hall–Kier alpha value is -0.860. The second-order valence-corrected chi connectivity index (χ2v) is 7.55. The summed E-state index contributed by atoms with van der Waals surface area (Å²) in [7, 11) is 0. The minimum Gasteiger partial charge on any atom is -0.316 e. The van der Waals surface area contributed by atoms with Gasteiger partial charge in [0, 0.05) is 19.6 Å². The first-order valence-electron chi connectivity index (χ1n) is 8.87. The highest BCUT2D eigenvalue weighted by Gasteiger charge is 2.36. The number of aryl methyl sites for hydroxylation is 2. The Morgan fingerprint density at radius 2 is 1.95 bits per heavy atom. The van der Waals surface area contributed by atoms with Gasteiger partial charge in [0.1, 0.15) is 0 Å². The summed E-state index contributed by atoms with van der Waals surface area (Å²) >= 11 is 0. The zero-order valence-electron chi connectivity index (χ0n) is 13.2. The molecule has 2 saturated heterocycles. The van der Waals surface area contributed by atoms with Gasteiger partial charge in [-0.05, 0) is 80.1 Å². The number of nitrogens with zero attached hydrogens (tertiary/aromatic N) is 1. The van der Waals surface area contributed by atoms with Gasteiger partial charge in [0.15, 0.2) is 0 Å². The molecule has 1 N–H and O–H groups in total.